The van der Waals surface area contributed by atoms with E-state index in [4.69, 9.17) is 5.11 Å². The molecule has 20 heavy (non-hydrogen) atoms. The van der Waals surface area contributed by atoms with Crippen LogP contribution in [0.5, 0.6) is 0 Å². The summed E-state index contributed by atoms with van der Waals surface area (Å²) >= 11 is 0. The van der Waals surface area contributed by atoms with E-state index in [-0.39, 0.29) is 5.69 Å². The van der Waals surface area contributed by atoms with Crippen LogP contribution in [-0.4, -0.2) is 22.8 Å². The van der Waals surface area contributed by atoms with E-state index in [0.717, 1.165) is 12.1 Å². The lowest BCUT2D eigenvalue weighted by Gasteiger charge is -2.29. The second-order valence-corrected chi connectivity index (χ2v) is 4.13. The van der Waals surface area contributed by atoms with E-state index in [0.29, 0.717) is 19.1 Å². The fourth-order valence-electron chi connectivity index (χ4n) is 1.28. The van der Waals surface area contributed by atoms with Crippen LogP contribution in [0.15, 0.2) is 24.3 Å². The summed E-state index contributed by atoms with van der Waals surface area (Å²) in [5, 5.41) is 10.3. The third kappa shape index (κ3) is 3.14. The van der Waals surface area contributed by atoms with E-state index in [1.165, 1.54) is 0 Å². The van der Waals surface area contributed by atoms with Crippen LogP contribution in [0.1, 0.15) is 12.5 Å². The first-order chi connectivity index (χ1) is 8.88. The van der Waals surface area contributed by atoms with Crippen LogP contribution in [0.4, 0.5) is 32.0 Å². The molecule has 1 rings (SSSR count). The minimum absolute atomic E-state index is 0.382. The summed E-state index contributed by atoms with van der Waals surface area (Å²) in [5.74, 6) is -2.19. The van der Waals surface area contributed by atoms with E-state index in [1.807, 2.05) is 0 Å². The number of anilines is 1. The molecule has 0 bridgehead atoms. The Morgan fingerprint density at radius 3 is 1.80 bits per heavy atom. The molecule has 9 heteroatoms. The van der Waals surface area contributed by atoms with Gasteiger partial charge in [0.25, 0.3) is 0 Å². The van der Waals surface area contributed by atoms with Gasteiger partial charge in [-0.2, -0.15) is 26.3 Å². The quantitative estimate of drug-likeness (QED) is 0.840. The molecule has 0 saturated carbocycles. The Balaban J connectivity index is 3.06. The zero-order valence-electron chi connectivity index (χ0n) is 9.93. The monoisotopic (exact) mass is 301 g/mol. The molecule has 0 amide bonds. The number of aliphatic carboxylic acids is 1. The Kier molecular flexibility index (Phi) is 3.93. The van der Waals surface area contributed by atoms with Crippen molar-refractivity contribution < 1.29 is 36.2 Å². The van der Waals surface area contributed by atoms with Gasteiger partial charge in [0.1, 0.15) is 0 Å². The molecule has 0 spiro atoms. The molecule has 0 aromatic heterocycles. The number of hydrogen-bond donors (Lipinski definition) is 2. The first-order valence-electron chi connectivity index (χ1n) is 5.13. The van der Waals surface area contributed by atoms with Gasteiger partial charge >= 0.3 is 18.3 Å². The highest BCUT2D eigenvalue weighted by atomic mass is 19.4. The summed E-state index contributed by atoms with van der Waals surface area (Å²) in [7, 11) is 0. The van der Waals surface area contributed by atoms with Gasteiger partial charge in [0.2, 0.25) is 5.54 Å². The predicted molar refractivity (Wildman–Crippen MR) is 57.2 cm³/mol. The van der Waals surface area contributed by atoms with E-state index in [2.05, 4.69) is 0 Å². The standard InChI is InChI=1S/C11H9F6NO2/c1-9(8(19)20,11(15,16)17)18-7-4-2-6(3-5-7)10(12,13)14/h2-5,18H,1H3,(H,19,20). The van der Waals surface area contributed by atoms with Crippen LogP contribution >= 0.6 is 0 Å². The molecule has 0 aliphatic rings. The third-order valence-corrected chi connectivity index (χ3v) is 2.60. The minimum Gasteiger partial charge on any atom is -0.479 e. The highest BCUT2D eigenvalue weighted by Crippen LogP contribution is 2.35. The predicted octanol–water partition coefficient (Wildman–Crippen LogP) is 3.52. The van der Waals surface area contributed by atoms with Gasteiger partial charge in [-0.3, -0.25) is 0 Å². The lowest BCUT2D eigenvalue weighted by atomic mass is 10.0. The van der Waals surface area contributed by atoms with E-state index in [9.17, 15) is 31.1 Å². The number of carboxylic acid groups (broad SMARTS) is 1. The number of alkyl halides is 6. The summed E-state index contributed by atoms with van der Waals surface area (Å²) in [5.41, 5.74) is -4.74. The summed E-state index contributed by atoms with van der Waals surface area (Å²) < 4.78 is 74.9. The molecule has 0 aliphatic carbocycles. The average molecular weight is 301 g/mol. The zero-order chi connectivity index (χ0) is 15.8. The molecule has 0 aliphatic heterocycles. The normalized spacial score (nSPS) is 15.6. The van der Waals surface area contributed by atoms with Crippen molar-refractivity contribution in [1.29, 1.82) is 0 Å². The van der Waals surface area contributed by atoms with Crippen molar-refractivity contribution in [1.82, 2.24) is 0 Å². The molecule has 1 aromatic rings. The highest BCUT2D eigenvalue weighted by molar-refractivity contribution is 5.83. The van der Waals surface area contributed by atoms with Crippen molar-refractivity contribution in [3.05, 3.63) is 29.8 Å². The maximum Gasteiger partial charge on any atom is 0.422 e. The summed E-state index contributed by atoms with van der Waals surface area (Å²) in [4.78, 5) is 10.7. The van der Waals surface area contributed by atoms with Gasteiger partial charge < -0.3 is 10.4 Å². The van der Waals surface area contributed by atoms with Gasteiger partial charge in [0.05, 0.1) is 5.56 Å². The Hall–Kier alpha value is -1.93. The van der Waals surface area contributed by atoms with Crippen LogP contribution in [0.25, 0.3) is 0 Å². The molecule has 0 saturated heterocycles. The van der Waals surface area contributed by atoms with Crippen molar-refractivity contribution in [2.24, 2.45) is 0 Å². The van der Waals surface area contributed by atoms with Crippen LogP contribution in [0.2, 0.25) is 0 Å². The molecule has 3 nitrogen and oxygen atoms in total. The van der Waals surface area contributed by atoms with Crippen LogP contribution in [-0.2, 0) is 11.0 Å². The maximum atomic E-state index is 12.7. The Morgan fingerprint density at radius 1 is 1.05 bits per heavy atom. The Morgan fingerprint density at radius 2 is 1.50 bits per heavy atom. The van der Waals surface area contributed by atoms with E-state index in [1.54, 1.807) is 5.32 Å². The SMILES string of the molecule is CC(Nc1ccc(C(F)(F)F)cc1)(C(=O)O)C(F)(F)F. The zero-order valence-corrected chi connectivity index (χ0v) is 9.93. The van der Waals surface area contributed by atoms with Gasteiger partial charge in [-0.15, -0.1) is 0 Å². The van der Waals surface area contributed by atoms with Gasteiger partial charge in [-0.1, -0.05) is 0 Å². The smallest absolute Gasteiger partial charge is 0.422 e. The Labute approximate surface area is 109 Å². The number of rotatable bonds is 3. The summed E-state index contributed by atoms with van der Waals surface area (Å²) in [6.45, 7) is 0.382. The minimum atomic E-state index is -5.12. The second-order valence-electron chi connectivity index (χ2n) is 4.13. The molecule has 1 aromatic carbocycles. The number of hydrogen-bond acceptors (Lipinski definition) is 2. The Bertz CT molecular complexity index is 493. The molecular formula is C11H9F6NO2. The second kappa shape index (κ2) is 4.88. The summed E-state index contributed by atoms with van der Waals surface area (Å²) in [6, 6.07) is 2.58. The van der Waals surface area contributed by atoms with Crippen molar-refractivity contribution in [3.63, 3.8) is 0 Å². The average Bonchev–Trinajstić information content (AvgIpc) is 2.26. The fourth-order valence-corrected chi connectivity index (χ4v) is 1.28. The first-order valence-corrected chi connectivity index (χ1v) is 5.13. The van der Waals surface area contributed by atoms with Crippen molar-refractivity contribution >= 4 is 11.7 Å². The van der Waals surface area contributed by atoms with Crippen LogP contribution in [0, 0.1) is 0 Å². The molecule has 112 valence electrons. The molecule has 1 unspecified atom stereocenters. The van der Waals surface area contributed by atoms with Crippen molar-refractivity contribution in [2.75, 3.05) is 5.32 Å². The third-order valence-electron chi connectivity index (χ3n) is 2.60. The van der Waals surface area contributed by atoms with Crippen molar-refractivity contribution in [3.8, 4) is 0 Å². The highest BCUT2D eigenvalue weighted by Gasteiger charge is 2.57. The maximum absolute atomic E-state index is 12.7. The van der Waals surface area contributed by atoms with Crippen molar-refractivity contribution in [2.45, 2.75) is 24.8 Å². The molecule has 0 radical (unpaired) electrons. The number of carboxylic acids is 1. The fraction of sp³-hybridized carbons (Fsp3) is 0.364. The molecule has 0 heterocycles. The van der Waals surface area contributed by atoms with Crippen LogP contribution in [0.3, 0.4) is 0 Å². The van der Waals surface area contributed by atoms with E-state index < -0.39 is 29.4 Å². The summed E-state index contributed by atoms with van der Waals surface area (Å²) in [6.07, 6.45) is -9.75. The molecular weight excluding hydrogens is 292 g/mol. The molecule has 1 atom stereocenters. The molecule has 2 N–H and O–H groups in total. The van der Waals surface area contributed by atoms with Gasteiger partial charge in [0.15, 0.2) is 0 Å². The van der Waals surface area contributed by atoms with Gasteiger partial charge in [0, 0.05) is 5.69 Å². The molecule has 0 fully saturated rings. The number of nitrogens with one attached hydrogen (secondary N) is 1. The largest absolute Gasteiger partial charge is 0.479 e. The first kappa shape index (κ1) is 16.1. The van der Waals surface area contributed by atoms with E-state index >= 15 is 0 Å². The number of halogens is 6. The van der Waals surface area contributed by atoms with Gasteiger partial charge in [-0.25, -0.2) is 4.79 Å². The topological polar surface area (TPSA) is 49.3 Å². The number of benzene rings is 1. The lowest BCUT2D eigenvalue weighted by molar-refractivity contribution is -0.192. The lowest BCUT2D eigenvalue weighted by Crippen LogP contribution is -2.55. The number of carbonyl (C=O) groups is 1. The van der Waals surface area contributed by atoms with Gasteiger partial charge in [-0.05, 0) is 31.2 Å². The van der Waals surface area contributed by atoms with Crippen LogP contribution < -0.4 is 5.32 Å².